The Morgan fingerprint density at radius 1 is 1.17 bits per heavy atom. The van der Waals surface area contributed by atoms with Crippen molar-refractivity contribution in [1.82, 2.24) is 14.5 Å². The van der Waals surface area contributed by atoms with E-state index in [1.54, 1.807) is 18.2 Å². The van der Waals surface area contributed by atoms with E-state index >= 15 is 0 Å². The molecular weight excluding hydrogens is 481 g/mol. The van der Waals surface area contributed by atoms with Gasteiger partial charge in [-0.25, -0.2) is 0 Å². The Morgan fingerprint density at radius 2 is 1.97 bits per heavy atom. The number of nitrogens with zero attached hydrogens (tertiary/aromatic N) is 2. The standard InChI is InChI=1S/C27H22FN3O4S/c1-4-6-9-35-24-13-21-23(12-20(24)17-11-18(15-29-14-17)36(28,33)34)31(3)27-25(26(21)32)19-8-7-16(5-2)10-22(19)30-27/h2,7-8,10-15,30H,4,6,9H2,1,3H3. The molecule has 0 fully saturated rings. The lowest BCUT2D eigenvalue weighted by molar-refractivity contribution is 0.311. The zero-order valence-corrected chi connectivity index (χ0v) is 20.4. The van der Waals surface area contributed by atoms with Crippen molar-refractivity contribution in [2.75, 3.05) is 6.61 Å². The molecule has 7 nitrogen and oxygen atoms in total. The lowest BCUT2D eigenvalue weighted by atomic mass is 10.0. The maximum Gasteiger partial charge on any atom is 0.333 e. The third kappa shape index (κ3) is 3.89. The van der Waals surface area contributed by atoms with Crippen molar-refractivity contribution in [2.24, 2.45) is 7.05 Å². The number of nitrogens with one attached hydrogen (secondary N) is 1. The number of hydrogen-bond donors (Lipinski definition) is 1. The largest absolute Gasteiger partial charge is 0.493 e. The van der Waals surface area contributed by atoms with E-state index in [0.717, 1.165) is 29.9 Å². The predicted molar refractivity (Wildman–Crippen MR) is 138 cm³/mol. The maximum atomic E-state index is 13.7. The van der Waals surface area contributed by atoms with E-state index in [2.05, 4.69) is 15.9 Å². The van der Waals surface area contributed by atoms with Crippen molar-refractivity contribution < 1.29 is 17.0 Å². The van der Waals surface area contributed by atoms with Crippen molar-refractivity contribution in [1.29, 1.82) is 0 Å². The normalized spacial score (nSPS) is 11.8. The molecule has 0 radical (unpaired) electrons. The number of aryl methyl sites for hydroxylation is 1. The molecule has 0 unspecified atom stereocenters. The van der Waals surface area contributed by atoms with Crippen LogP contribution in [-0.2, 0) is 17.3 Å². The molecule has 0 aliphatic carbocycles. The monoisotopic (exact) mass is 503 g/mol. The Bertz CT molecular complexity index is 1880. The molecule has 0 atom stereocenters. The predicted octanol–water partition coefficient (Wildman–Crippen LogP) is 5.05. The fourth-order valence-electron chi connectivity index (χ4n) is 4.41. The summed E-state index contributed by atoms with van der Waals surface area (Å²) in [5, 5.41) is 1.72. The number of aromatic nitrogens is 3. The minimum absolute atomic E-state index is 0.178. The van der Waals surface area contributed by atoms with E-state index < -0.39 is 15.1 Å². The third-order valence-electron chi connectivity index (χ3n) is 6.27. The first-order chi connectivity index (χ1) is 17.2. The highest BCUT2D eigenvalue weighted by molar-refractivity contribution is 7.86. The zero-order valence-electron chi connectivity index (χ0n) is 19.6. The van der Waals surface area contributed by atoms with Crippen LogP contribution in [0.2, 0.25) is 0 Å². The van der Waals surface area contributed by atoms with Crippen molar-refractivity contribution in [3.8, 4) is 29.2 Å². The molecule has 9 heteroatoms. The molecular formula is C27H22FN3O4S. The number of hydrogen-bond acceptors (Lipinski definition) is 5. The summed E-state index contributed by atoms with van der Waals surface area (Å²) in [6.07, 6.45) is 9.61. The van der Waals surface area contributed by atoms with Crippen molar-refractivity contribution >= 4 is 43.1 Å². The first-order valence-electron chi connectivity index (χ1n) is 11.3. The Balaban J connectivity index is 1.84. The fraction of sp³-hybridized carbons (Fsp3) is 0.185. The quantitative estimate of drug-likeness (QED) is 0.199. The van der Waals surface area contributed by atoms with Crippen LogP contribution in [0, 0.1) is 12.3 Å². The number of H-pyrrole nitrogens is 1. The molecule has 0 aliphatic rings. The van der Waals surface area contributed by atoms with Gasteiger partial charge in [-0.05, 0) is 36.8 Å². The summed E-state index contributed by atoms with van der Waals surface area (Å²) in [6.45, 7) is 2.42. The smallest absolute Gasteiger partial charge is 0.333 e. The van der Waals surface area contributed by atoms with Crippen molar-refractivity contribution in [3.63, 3.8) is 0 Å². The maximum absolute atomic E-state index is 13.7. The number of fused-ring (bicyclic) bond motifs is 4. The molecule has 0 spiro atoms. The highest BCUT2D eigenvalue weighted by atomic mass is 32.3. The average Bonchev–Trinajstić information content (AvgIpc) is 3.26. The first kappa shape index (κ1) is 23.6. The van der Waals surface area contributed by atoms with Crippen molar-refractivity contribution in [2.45, 2.75) is 24.7 Å². The molecule has 0 bridgehead atoms. The Kier molecular flexibility index (Phi) is 5.77. The second kappa shape index (κ2) is 8.81. The fourth-order valence-corrected chi connectivity index (χ4v) is 4.86. The van der Waals surface area contributed by atoms with Gasteiger partial charge in [0.25, 0.3) is 0 Å². The molecule has 0 amide bonds. The lowest BCUT2D eigenvalue weighted by Gasteiger charge is -2.15. The van der Waals surface area contributed by atoms with Gasteiger partial charge in [0, 0.05) is 47.0 Å². The molecule has 5 rings (SSSR count). The van der Waals surface area contributed by atoms with Crippen LogP contribution >= 0.6 is 0 Å². The second-order valence-corrected chi connectivity index (χ2v) is 9.90. The van der Waals surface area contributed by atoms with Crippen LogP contribution in [0.15, 0.2) is 58.5 Å². The van der Waals surface area contributed by atoms with Gasteiger partial charge in [-0.15, -0.1) is 10.3 Å². The molecule has 36 heavy (non-hydrogen) atoms. The molecule has 3 heterocycles. The summed E-state index contributed by atoms with van der Waals surface area (Å²) in [6, 6.07) is 10.0. The molecule has 2 aromatic carbocycles. The minimum Gasteiger partial charge on any atom is -0.493 e. The van der Waals surface area contributed by atoms with Crippen LogP contribution in [0.5, 0.6) is 5.75 Å². The highest BCUT2D eigenvalue weighted by Gasteiger charge is 2.20. The molecule has 0 saturated heterocycles. The number of benzene rings is 2. The molecule has 0 aliphatic heterocycles. The summed E-state index contributed by atoms with van der Waals surface area (Å²) in [5.74, 6) is 2.99. The summed E-state index contributed by atoms with van der Waals surface area (Å²) in [4.78, 5) is 20.4. The van der Waals surface area contributed by atoms with E-state index in [-0.39, 0.29) is 5.43 Å². The number of terminal acetylenes is 1. The number of halogens is 1. The van der Waals surface area contributed by atoms with Gasteiger partial charge in [-0.1, -0.05) is 25.3 Å². The first-order valence-corrected chi connectivity index (χ1v) is 12.7. The molecule has 5 aromatic rings. The van der Waals surface area contributed by atoms with Crippen molar-refractivity contribution in [3.05, 3.63) is 64.6 Å². The van der Waals surface area contributed by atoms with Crippen LogP contribution in [0.3, 0.4) is 0 Å². The second-order valence-electron chi connectivity index (χ2n) is 8.56. The van der Waals surface area contributed by atoms with Gasteiger partial charge in [0.1, 0.15) is 16.3 Å². The van der Waals surface area contributed by atoms with E-state index in [9.17, 15) is 17.1 Å². The van der Waals surface area contributed by atoms with E-state index in [4.69, 9.17) is 11.2 Å². The van der Waals surface area contributed by atoms with Gasteiger partial charge in [0.2, 0.25) is 0 Å². The van der Waals surface area contributed by atoms with Crippen LogP contribution in [0.1, 0.15) is 25.3 Å². The van der Waals surface area contributed by atoms with E-state index in [0.29, 0.717) is 51.0 Å². The summed E-state index contributed by atoms with van der Waals surface area (Å²) < 4.78 is 44.6. The van der Waals surface area contributed by atoms with Crippen LogP contribution in [0.25, 0.3) is 44.0 Å². The van der Waals surface area contributed by atoms with Crippen LogP contribution < -0.4 is 10.2 Å². The lowest BCUT2D eigenvalue weighted by Crippen LogP contribution is -2.10. The minimum atomic E-state index is -4.95. The number of unbranched alkanes of at least 4 members (excludes halogenated alkanes) is 1. The van der Waals surface area contributed by atoms with Gasteiger partial charge >= 0.3 is 10.2 Å². The van der Waals surface area contributed by atoms with Gasteiger partial charge in [0.15, 0.2) is 5.43 Å². The SMILES string of the molecule is C#Cc1ccc2c(c1)[nH]c1c2c(=O)c2cc(OCCCC)c(-c3cncc(S(=O)(=O)F)c3)cc2n1C. The zero-order chi connectivity index (χ0) is 25.6. The molecule has 1 N–H and O–H groups in total. The van der Waals surface area contributed by atoms with Crippen LogP contribution in [0.4, 0.5) is 3.89 Å². The van der Waals surface area contributed by atoms with Gasteiger partial charge < -0.3 is 14.3 Å². The van der Waals surface area contributed by atoms with E-state index in [1.807, 2.05) is 30.7 Å². The number of aromatic amines is 1. The Morgan fingerprint density at radius 3 is 2.69 bits per heavy atom. The highest BCUT2D eigenvalue weighted by Crippen LogP contribution is 2.36. The molecule has 3 aromatic heterocycles. The third-order valence-corrected chi connectivity index (χ3v) is 7.06. The van der Waals surface area contributed by atoms with Gasteiger partial charge in [-0.2, -0.15) is 8.42 Å². The van der Waals surface area contributed by atoms with Gasteiger partial charge in [-0.3, -0.25) is 9.78 Å². The van der Waals surface area contributed by atoms with Crippen LogP contribution in [-0.4, -0.2) is 29.6 Å². The topological polar surface area (TPSA) is 94.1 Å². The van der Waals surface area contributed by atoms with Gasteiger partial charge in [0.05, 0.1) is 22.9 Å². The Labute approximate surface area is 206 Å². The Hall–Kier alpha value is -4.16. The number of ether oxygens (including phenoxy) is 1. The molecule has 182 valence electrons. The summed E-state index contributed by atoms with van der Waals surface area (Å²) in [7, 11) is -3.13. The summed E-state index contributed by atoms with van der Waals surface area (Å²) in [5.41, 5.74) is 3.30. The summed E-state index contributed by atoms with van der Waals surface area (Å²) >= 11 is 0. The number of rotatable bonds is 6. The average molecular weight is 504 g/mol. The molecule has 0 saturated carbocycles. The number of pyridine rings is 2. The van der Waals surface area contributed by atoms with E-state index in [1.165, 1.54) is 12.3 Å².